The van der Waals surface area contributed by atoms with E-state index in [1.165, 1.54) is 0 Å². The molecule has 5 nitrogen and oxygen atoms in total. The number of amides is 1. The first-order chi connectivity index (χ1) is 12.5. The maximum atomic E-state index is 12.1. The molecule has 0 radical (unpaired) electrons. The van der Waals surface area contributed by atoms with Crippen LogP contribution in [0.4, 0.5) is 0 Å². The van der Waals surface area contributed by atoms with Gasteiger partial charge >= 0.3 is 0 Å². The third-order valence-electron chi connectivity index (χ3n) is 3.34. The number of nitrogens with one attached hydrogen (secondary N) is 2. The highest BCUT2D eigenvalue weighted by Gasteiger charge is 2.08. The molecule has 2 aromatic carbocycles. The van der Waals surface area contributed by atoms with E-state index in [-0.39, 0.29) is 11.0 Å². The Bertz CT molecular complexity index is 770. The second-order valence-corrected chi connectivity index (χ2v) is 6.47. The first kappa shape index (κ1) is 20.3. The van der Waals surface area contributed by atoms with E-state index in [2.05, 4.69) is 10.6 Å². The maximum Gasteiger partial charge on any atom is 0.257 e. The molecule has 26 heavy (non-hydrogen) atoms. The Labute approximate surface area is 167 Å². The van der Waals surface area contributed by atoms with Gasteiger partial charge in [0.25, 0.3) is 5.91 Å². The third kappa shape index (κ3) is 6.37. The molecule has 0 aliphatic rings. The van der Waals surface area contributed by atoms with Gasteiger partial charge in [-0.05, 0) is 61.1 Å². The lowest BCUT2D eigenvalue weighted by molar-refractivity contribution is 0.0976. The van der Waals surface area contributed by atoms with E-state index in [0.717, 1.165) is 0 Å². The zero-order valence-corrected chi connectivity index (χ0v) is 16.4. The molecular formula is C18H18Cl2N2O3S. The van der Waals surface area contributed by atoms with Crippen molar-refractivity contribution in [3.8, 4) is 11.5 Å². The molecule has 0 unspecified atom stereocenters. The number of carbonyl (C=O) groups excluding carboxylic acids is 1. The van der Waals surface area contributed by atoms with Crippen LogP contribution in [0.5, 0.6) is 11.5 Å². The minimum Gasteiger partial charge on any atom is -0.497 e. The summed E-state index contributed by atoms with van der Waals surface area (Å²) in [5, 5.41) is 6.86. The molecule has 0 saturated heterocycles. The Morgan fingerprint density at radius 1 is 1.15 bits per heavy atom. The molecule has 2 aromatic rings. The van der Waals surface area contributed by atoms with Crippen molar-refractivity contribution in [1.82, 2.24) is 10.6 Å². The highest BCUT2D eigenvalue weighted by Crippen LogP contribution is 2.27. The lowest BCUT2D eigenvalue weighted by Gasteiger charge is -2.11. The Morgan fingerprint density at radius 3 is 2.54 bits per heavy atom. The zero-order chi connectivity index (χ0) is 18.9. The standard InChI is InChI=1S/C18H18Cl2N2O3S/c1-24-14-6-3-12(4-7-14)17(23)22-18(26)21-9-2-10-25-16-8-5-13(19)11-15(16)20/h3-8,11H,2,9-10H2,1H3,(H2,21,22,23,26). The van der Waals surface area contributed by atoms with Crippen molar-refractivity contribution in [1.29, 1.82) is 0 Å². The summed E-state index contributed by atoms with van der Waals surface area (Å²) in [7, 11) is 1.57. The van der Waals surface area contributed by atoms with Crippen molar-refractivity contribution in [2.45, 2.75) is 6.42 Å². The number of carbonyl (C=O) groups is 1. The van der Waals surface area contributed by atoms with E-state index in [1.54, 1.807) is 49.6 Å². The summed E-state index contributed by atoms with van der Waals surface area (Å²) >= 11 is 17.0. The molecule has 1 amide bonds. The second-order valence-electron chi connectivity index (χ2n) is 5.22. The van der Waals surface area contributed by atoms with Crippen LogP contribution in [0, 0.1) is 0 Å². The topological polar surface area (TPSA) is 59.6 Å². The van der Waals surface area contributed by atoms with Crippen LogP contribution in [-0.2, 0) is 0 Å². The molecule has 0 bridgehead atoms. The van der Waals surface area contributed by atoms with Gasteiger partial charge in [0.05, 0.1) is 18.7 Å². The number of ether oxygens (including phenoxy) is 2. The summed E-state index contributed by atoms with van der Waals surface area (Å²) in [6.07, 6.45) is 0.678. The van der Waals surface area contributed by atoms with E-state index >= 15 is 0 Å². The molecule has 0 fully saturated rings. The van der Waals surface area contributed by atoms with Crippen LogP contribution in [0.3, 0.4) is 0 Å². The van der Waals surface area contributed by atoms with Crippen molar-refractivity contribution in [2.75, 3.05) is 20.3 Å². The van der Waals surface area contributed by atoms with Crippen molar-refractivity contribution in [3.63, 3.8) is 0 Å². The molecule has 8 heteroatoms. The molecule has 138 valence electrons. The summed E-state index contributed by atoms with van der Waals surface area (Å²) in [5.41, 5.74) is 0.496. The van der Waals surface area contributed by atoms with Crippen LogP contribution in [0.25, 0.3) is 0 Å². The molecule has 0 aliphatic heterocycles. The number of hydrogen-bond donors (Lipinski definition) is 2. The van der Waals surface area contributed by atoms with Crippen molar-refractivity contribution < 1.29 is 14.3 Å². The van der Waals surface area contributed by atoms with Crippen LogP contribution in [-0.4, -0.2) is 31.3 Å². The summed E-state index contributed by atoms with van der Waals surface area (Å²) in [5.74, 6) is 0.976. The number of methoxy groups -OCH3 is 1. The fraction of sp³-hybridized carbons (Fsp3) is 0.222. The van der Waals surface area contributed by atoms with Gasteiger partial charge in [-0.1, -0.05) is 23.2 Å². The first-order valence-electron chi connectivity index (χ1n) is 7.80. The summed E-state index contributed by atoms with van der Waals surface area (Å²) in [6, 6.07) is 11.8. The molecule has 2 rings (SSSR count). The van der Waals surface area contributed by atoms with E-state index in [9.17, 15) is 4.79 Å². The highest BCUT2D eigenvalue weighted by molar-refractivity contribution is 7.80. The Morgan fingerprint density at radius 2 is 1.88 bits per heavy atom. The molecule has 2 N–H and O–H groups in total. The van der Waals surface area contributed by atoms with Crippen LogP contribution in [0.2, 0.25) is 10.0 Å². The smallest absolute Gasteiger partial charge is 0.257 e. The SMILES string of the molecule is COc1ccc(C(=O)NC(=S)NCCCOc2ccc(Cl)cc2Cl)cc1. The van der Waals surface area contributed by atoms with Gasteiger partial charge in [0, 0.05) is 17.1 Å². The number of benzene rings is 2. The molecular weight excluding hydrogens is 395 g/mol. The van der Waals surface area contributed by atoms with E-state index < -0.39 is 0 Å². The monoisotopic (exact) mass is 412 g/mol. The number of thiocarbonyl (C=S) groups is 1. The van der Waals surface area contributed by atoms with Gasteiger partial charge in [0.1, 0.15) is 11.5 Å². The lowest BCUT2D eigenvalue weighted by atomic mass is 10.2. The fourth-order valence-corrected chi connectivity index (χ4v) is 2.67. The zero-order valence-electron chi connectivity index (χ0n) is 14.1. The van der Waals surface area contributed by atoms with Gasteiger partial charge in [-0.2, -0.15) is 0 Å². The Balaban J connectivity index is 1.67. The Hall–Kier alpha value is -2.02. The third-order valence-corrected chi connectivity index (χ3v) is 4.11. The van der Waals surface area contributed by atoms with Crippen LogP contribution in [0.1, 0.15) is 16.8 Å². The minimum atomic E-state index is -0.283. The van der Waals surface area contributed by atoms with Crippen molar-refractivity contribution in [2.24, 2.45) is 0 Å². The van der Waals surface area contributed by atoms with Gasteiger partial charge in [0.2, 0.25) is 0 Å². The van der Waals surface area contributed by atoms with Crippen molar-refractivity contribution in [3.05, 3.63) is 58.1 Å². The van der Waals surface area contributed by atoms with Gasteiger partial charge in [-0.15, -0.1) is 0 Å². The maximum absolute atomic E-state index is 12.1. The molecule has 0 saturated carbocycles. The Kier molecular flexibility index (Phi) is 7.97. The van der Waals surface area contributed by atoms with Crippen LogP contribution in [0.15, 0.2) is 42.5 Å². The van der Waals surface area contributed by atoms with Gasteiger partial charge in [-0.3, -0.25) is 10.1 Å². The highest BCUT2D eigenvalue weighted by atomic mass is 35.5. The minimum absolute atomic E-state index is 0.260. The molecule has 0 aliphatic carbocycles. The predicted molar refractivity (Wildman–Crippen MR) is 108 cm³/mol. The largest absolute Gasteiger partial charge is 0.497 e. The van der Waals surface area contributed by atoms with Gasteiger partial charge < -0.3 is 14.8 Å². The van der Waals surface area contributed by atoms with E-state index in [4.69, 9.17) is 44.9 Å². The van der Waals surface area contributed by atoms with E-state index in [1.807, 2.05) is 0 Å². The average molecular weight is 413 g/mol. The fourth-order valence-electron chi connectivity index (χ4n) is 2.01. The quantitative estimate of drug-likeness (QED) is 0.529. The van der Waals surface area contributed by atoms with Crippen LogP contribution < -0.4 is 20.1 Å². The number of hydrogen-bond acceptors (Lipinski definition) is 4. The normalized spacial score (nSPS) is 10.1. The number of halogens is 2. The van der Waals surface area contributed by atoms with Gasteiger partial charge in [0.15, 0.2) is 5.11 Å². The number of rotatable bonds is 7. The molecule has 0 heterocycles. The lowest BCUT2D eigenvalue weighted by Crippen LogP contribution is -2.39. The van der Waals surface area contributed by atoms with Crippen LogP contribution >= 0.6 is 35.4 Å². The van der Waals surface area contributed by atoms with Gasteiger partial charge in [-0.25, -0.2) is 0 Å². The average Bonchev–Trinajstić information content (AvgIpc) is 2.63. The molecule has 0 spiro atoms. The second kappa shape index (κ2) is 10.2. The first-order valence-corrected chi connectivity index (χ1v) is 8.97. The predicted octanol–water partition coefficient (Wildman–Crippen LogP) is 4.08. The molecule has 0 aromatic heterocycles. The van der Waals surface area contributed by atoms with Crippen molar-refractivity contribution >= 4 is 46.4 Å². The summed E-state index contributed by atoms with van der Waals surface area (Å²) in [6.45, 7) is 0.996. The molecule has 0 atom stereocenters. The summed E-state index contributed by atoms with van der Waals surface area (Å²) in [4.78, 5) is 12.1. The summed E-state index contributed by atoms with van der Waals surface area (Å²) < 4.78 is 10.6. The van der Waals surface area contributed by atoms with E-state index in [0.29, 0.717) is 46.7 Å².